The van der Waals surface area contributed by atoms with E-state index in [-0.39, 0.29) is 25.8 Å². The Hall–Kier alpha value is -4.56. The van der Waals surface area contributed by atoms with E-state index in [1.54, 1.807) is 12.1 Å². The van der Waals surface area contributed by atoms with Crippen molar-refractivity contribution in [3.63, 3.8) is 0 Å². The number of alkyl halides is 3. The van der Waals surface area contributed by atoms with Crippen molar-refractivity contribution < 1.29 is 51.7 Å². The van der Waals surface area contributed by atoms with Gasteiger partial charge in [-0.25, -0.2) is 14.6 Å². The summed E-state index contributed by atoms with van der Waals surface area (Å²) in [4.78, 5) is 58.4. The highest BCUT2D eigenvalue weighted by atomic mass is 19.4. The van der Waals surface area contributed by atoms with Gasteiger partial charge in [-0.3, -0.25) is 9.59 Å². The van der Waals surface area contributed by atoms with E-state index in [9.17, 15) is 37.5 Å². The molecule has 3 aliphatic rings. The van der Waals surface area contributed by atoms with Crippen molar-refractivity contribution in [2.45, 2.75) is 95.1 Å². The Morgan fingerprint density at radius 3 is 2.76 bits per heavy atom. The number of ether oxygens (including phenoxy) is 3. The Morgan fingerprint density at radius 2 is 2.02 bits per heavy atom. The van der Waals surface area contributed by atoms with Gasteiger partial charge in [0, 0.05) is 36.3 Å². The number of fused-ring (bicyclic) bond motifs is 3. The maximum absolute atomic E-state index is 13.9. The van der Waals surface area contributed by atoms with Crippen LogP contribution >= 0.6 is 0 Å². The first-order valence-corrected chi connectivity index (χ1v) is 16.5. The lowest BCUT2D eigenvalue weighted by atomic mass is 10.0. The quantitative estimate of drug-likeness (QED) is 0.331. The average molecular weight is 691 g/mol. The Kier molecular flexibility index (Phi) is 10.9. The van der Waals surface area contributed by atoms with Gasteiger partial charge in [0.1, 0.15) is 30.0 Å². The lowest BCUT2D eigenvalue weighted by Gasteiger charge is -2.27. The van der Waals surface area contributed by atoms with Crippen LogP contribution in [0.3, 0.4) is 0 Å². The smallest absolute Gasteiger partial charge is 0.407 e. The number of hydrogen-bond donors (Lipinski definition) is 3. The predicted octanol–water partition coefficient (Wildman–Crippen LogP) is 4.82. The number of aromatic nitrogens is 1. The van der Waals surface area contributed by atoms with Gasteiger partial charge in [-0.2, -0.15) is 13.2 Å². The number of pyridine rings is 1. The van der Waals surface area contributed by atoms with Crippen molar-refractivity contribution in [2.24, 2.45) is 5.92 Å². The molecule has 0 unspecified atom stereocenters. The van der Waals surface area contributed by atoms with E-state index < -0.39 is 72.7 Å². The number of carboxylic acids is 1. The zero-order valence-corrected chi connectivity index (χ0v) is 27.4. The number of para-hydroxylation sites is 1. The molecular formula is C34H41F3N4O8. The molecule has 2 aliphatic heterocycles. The van der Waals surface area contributed by atoms with E-state index in [1.165, 1.54) is 4.90 Å². The van der Waals surface area contributed by atoms with Gasteiger partial charge in [0.25, 0.3) is 0 Å². The molecule has 2 aromatic rings. The van der Waals surface area contributed by atoms with Crippen LogP contribution in [0.2, 0.25) is 0 Å². The van der Waals surface area contributed by atoms with Gasteiger partial charge in [-0.15, -0.1) is 0 Å². The van der Waals surface area contributed by atoms with Crippen LogP contribution in [-0.2, 0) is 19.1 Å². The van der Waals surface area contributed by atoms with Crippen LogP contribution in [0.4, 0.5) is 18.0 Å². The number of hydrogen-bond acceptors (Lipinski definition) is 8. The minimum atomic E-state index is -4.50. The van der Waals surface area contributed by atoms with Crippen LogP contribution in [0.1, 0.15) is 63.9 Å². The highest BCUT2D eigenvalue weighted by Gasteiger charge is 2.61. The van der Waals surface area contributed by atoms with Gasteiger partial charge >= 0.3 is 18.2 Å². The first-order valence-electron chi connectivity index (χ1n) is 16.5. The van der Waals surface area contributed by atoms with E-state index in [0.29, 0.717) is 54.8 Å². The molecular weight excluding hydrogens is 649 g/mol. The topological polar surface area (TPSA) is 156 Å². The second kappa shape index (κ2) is 14.9. The number of amides is 3. The number of benzene rings is 1. The summed E-state index contributed by atoms with van der Waals surface area (Å²) < 4.78 is 54.6. The fourth-order valence-corrected chi connectivity index (χ4v) is 6.45. The molecule has 5 rings (SSSR count). The lowest BCUT2D eigenvalue weighted by molar-refractivity contribution is -0.145. The van der Waals surface area contributed by atoms with E-state index in [0.717, 1.165) is 5.56 Å². The summed E-state index contributed by atoms with van der Waals surface area (Å²) in [5, 5.41) is 16.0. The summed E-state index contributed by atoms with van der Waals surface area (Å²) in [6.45, 7) is 3.20. The van der Waals surface area contributed by atoms with Crippen LogP contribution < -0.4 is 20.1 Å². The van der Waals surface area contributed by atoms with Gasteiger partial charge in [-0.05, 0) is 51.2 Å². The van der Waals surface area contributed by atoms with Crippen LogP contribution in [0.25, 0.3) is 10.9 Å². The Morgan fingerprint density at radius 1 is 1.22 bits per heavy atom. The lowest BCUT2D eigenvalue weighted by Crippen LogP contribution is -2.53. The third kappa shape index (κ3) is 8.73. The Labute approximate surface area is 281 Å². The molecule has 1 aromatic heterocycles. The summed E-state index contributed by atoms with van der Waals surface area (Å²) >= 11 is 0. The number of halogens is 3. The molecule has 3 amide bonds. The molecule has 1 aromatic carbocycles. The number of carbonyl (C=O) groups is 4. The monoisotopic (exact) mass is 690 g/mol. The zero-order valence-electron chi connectivity index (χ0n) is 27.4. The third-order valence-electron chi connectivity index (χ3n) is 9.10. The summed E-state index contributed by atoms with van der Waals surface area (Å²) in [7, 11) is 0. The van der Waals surface area contributed by atoms with Crippen LogP contribution in [-0.4, -0.2) is 88.5 Å². The van der Waals surface area contributed by atoms with Crippen molar-refractivity contribution >= 4 is 34.8 Å². The molecule has 49 heavy (non-hydrogen) atoms. The SMILES string of the molecule is CCOc1cc(O[C@@H]2C[C@H]3C(=O)N[C@]4(C(=O)O)C[C@H]4/C=C\CCCC[C@H](NC(=O)OCCC(F)(F)F)CC(=O)N3C2)c2cccc(C)c2n1. The first kappa shape index (κ1) is 35.7. The summed E-state index contributed by atoms with van der Waals surface area (Å²) in [5.74, 6) is -1.96. The van der Waals surface area contributed by atoms with E-state index in [2.05, 4.69) is 15.6 Å². The van der Waals surface area contributed by atoms with E-state index >= 15 is 0 Å². The number of carboxylic acid groups (broad SMARTS) is 1. The number of carbonyl (C=O) groups excluding carboxylic acids is 3. The minimum absolute atomic E-state index is 0.0251. The fraction of sp³-hybridized carbons (Fsp3) is 0.559. The van der Waals surface area contributed by atoms with Crippen molar-refractivity contribution in [3.05, 3.63) is 42.0 Å². The Bertz CT molecular complexity index is 1600. The van der Waals surface area contributed by atoms with Crippen LogP contribution in [0.15, 0.2) is 36.4 Å². The van der Waals surface area contributed by atoms with Gasteiger partial charge < -0.3 is 34.9 Å². The summed E-state index contributed by atoms with van der Waals surface area (Å²) in [6, 6.07) is 5.37. The standard InChI is InChI=1S/C34H41F3N4O8/c1-3-47-27-17-26(24-12-8-9-20(2)29(24)39-27)49-23-16-25-30(43)40-33(31(44)45)18-21(33)10-6-4-5-7-11-22(15-28(42)41(25)19-23)38-32(46)48-14-13-34(35,36)37/h6,8-10,12,17,21-23,25H,3-5,7,11,13-16,18-19H2,1-2H3,(H,38,46)(H,40,43)(H,44,45)/b10-6-/t21-,22+,23-,25+,33-/m1/s1. The predicted molar refractivity (Wildman–Crippen MR) is 170 cm³/mol. The van der Waals surface area contributed by atoms with Crippen molar-refractivity contribution in [3.8, 4) is 11.6 Å². The second-order valence-corrected chi connectivity index (χ2v) is 12.7. The maximum atomic E-state index is 13.9. The summed E-state index contributed by atoms with van der Waals surface area (Å²) in [5.41, 5.74) is 0.0640. The van der Waals surface area contributed by atoms with Crippen LogP contribution in [0.5, 0.6) is 11.6 Å². The number of aryl methyl sites for hydroxylation is 1. The number of alkyl carbamates (subject to hydrolysis) is 1. The molecule has 2 fully saturated rings. The molecule has 15 heteroatoms. The Balaban J connectivity index is 1.40. The first-order chi connectivity index (χ1) is 23.3. The molecule has 12 nitrogen and oxygen atoms in total. The molecule has 266 valence electrons. The van der Waals surface area contributed by atoms with Gasteiger partial charge in [-0.1, -0.05) is 30.7 Å². The number of nitrogens with one attached hydrogen (secondary N) is 2. The molecule has 0 radical (unpaired) electrons. The molecule has 1 saturated heterocycles. The number of allylic oxidation sites excluding steroid dienone is 1. The summed E-state index contributed by atoms with van der Waals surface area (Å²) in [6.07, 6.45) is -1.82. The maximum Gasteiger partial charge on any atom is 0.407 e. The average Bonchev–Trinajstić information content (AvgIpc) is 3.55. The molecule has 0 bridgehead atoms. The normalized spacial score (nSPS) is 26.8. The minimum Gasteiger partial charge on any atom is -0.488 e. The molecule has 0 spiro atoms. The highest BCUT2D eigenvalue weighted by molar-refractivity contribution is 5.95. The van der Waals surface area contributed by atoms with Crippen LogP contribution in [0, 0.1) is 12.8 Å². The van der Waals surface area contributed by atoms with Crippen molar-refractivity contribution in [1.29, 1.82) is 0 Å². The van der Waals surface area contributed by atoms with Gasteiger partial charge in [0.15, 0.2) is 0 Å². The number of nitrogens with zero attached hydrogens (tertiary/aromatic N) is 2. The largest absolute Gasteiger partial charge is 0.488 e. The van der Waals surface area contributed by atoms with Gasteiger partial charge in [0.2, 0.25) is 17.7 Å². The molecule has 3 N–H and O–H groups in total. The highest BCUT2D eigenvalue weighted by Crippen LogP contribution is 2.45. The molecule has 1 aliphatic carbocycles. The third-order valence-corrected chi connectivity index (χ3v) is 9.10. The van der Waals surface area contributed by atoms with E-state index in [1.807, 2.05) is 38.1 Å². The van der Waals surface area contributed by atoms with E-state index in [4.69, 9.17) is 14.2 Å². The molecule has 3 heterocycles. The zero-order chi connectivity index (χ0) is 35.3. The fourth-order valence-electron chi connectivity index (χ4n) is 6.45. The van der Waals surface area contributed by atoms with Gasteiger partial charge in [0.05, 0.1) is 25.1 Å². The second-order valence-electron chi connectivity index (χ2n) is 12.7. The van der Waals surface area contributed by atoms with Crippen molar-refractivity contribution in [2.75, 3.05) is 19.8 Å². The number of aliphatic carboxylic acids is 1. The number of rotatable bonds is 8. The molecule has 5 atom stereocenters. The van der Waals surface area contributed by atoms with Crippen molar-refractivity contribution in [1.82, 2.24) is 20.5 Å². The molecule has 1 saturated carbocycles.